The molecule has 0 spiro atoms. The third-order valence-corrected chi connectivity index (χ3v) is 7.14. The number of rotatable bonds is 13. The molecule has 41 heavy (non-hydrogen) atoms. The van der Waals surface area contributed by atoms with E-state index >= 15 is 0 Å². The van der Waals surface area contributed by atoms with Crippen LogP contribution < -0.4 is 9.47 Å². The lowest BCUT2D eigenvalue weighted by molar-refractivity contribution is 0.261. The highest BCUT2D eigenvalue weighted by Gasteiger charge is 2.14. The van der Waals surface area contributed by atoms with Gasteiger partial charge in [0, 0.05) is 47.5 Å². The minimum atomic E-state index is 0.550. The van der Waals surface area contributed by atoms with Crippen molar-refractivity contribution in [2.24, 2.45) is 0 Å². The van der Waals surface area contributed by atoms with Crippen LogP contribution in [-0.2, 0) is 13.2 Å². The van der Waals surface area contributed by atoms with Gasteiger partial charge in [-0.25, -0.2) is 0 Å². The van der Waals surface area contributed by atoms with Gasteiger partial charge >= 0.3 is 0 Å². The zero-order valence-electron chi connectivity index (χ0n) is 24.6. The van der Waals surface area contributed by atoms with Crippen molar-refractivity contribution in [3.05, 3.63) is 103 Å². The third-order valence-electron chi connectivity index (χ3n) is 7.14. The van der Waals surface area contributed by atoms with E-state index in [1.165, 1.54) is 10.9 Å². The summed E-state index contributed by atoms with van der Waals surface area (Å²) in [6.07, 6.45) is 4.95. The molecule has 0 aliphatic carbocycles. The summed E-state index contributed by atoms with van der Waals surface area (Å²) in [5.41, 5.74) is 6.82. The van der Waals surface area contributed by atoms with Crippen LogP contribution >= 0.6 is 0 Å². The highest BCUT2D eigenvalue weighted by molar-refractivity contribution is 5.88. The molecule has 3 aromatic carbocycles. The summed E-state index contributed by atoms with van der Waals surface area (Å²) in [6, 6.07) is 29.5. The highest BCUT2D eigenvalue weighted by Crippen LogP contribution is 2.33. The monoisotopic (exact) mass is 548 g/mol. The summed E-state index contributed by atoms with van der Waals surface area (Å²) in [5, 5.41) is 1.17. The van der Waals surface area contributed by atoms with E-state index in [-0.39, 0.29) is 0 Å². The van der Waals surface area contributed by atoms with Gasteiger partial charge in [0.1, 0.15) is 24.7 Å². The van der Waals surface area contributed by atoms with Crippen molar-refractivity contribution < 1.29 is 9.47 Å². The number of benzene rings is 3. The van der Waals surface area contributed by atoms with Crippen molar-refractivity contribution in [2.75, 3.05) is 47.9 Å². The number of pyridine rings is 1. The quantitative estimate of drug-likeness (QED) is 0.161. The molecule has 0 unspecified atom stereocenters. The molecule has 0 radical (unpaired) electrons. The zero-order valence-corrected chi connectivity index (χ0v) is 24.6. The lowest BCUT2D eigenvalue weighted by atomic mass is 10.0. The predicted octanol–water partition coefficient (Wildman–Crippen LogP) is 6.84. The molecule has 6 heteroatoms. The molecule has 6 nitrogen and oxygen atoms in total. The number of nitrogens with zero attached hydrogens (tertiary/aromatic N) is 4. The normalized spacial score (nSPS) is 11.5. The van der Waals surface area contributed by atoms with Crippen molar-refractivity contribution in [1.82, 2.24) is 19.4 Å². The Kier molecular flexibility index (Phi) is 9.34. The molecule has 0 amide bonds. The first-order chi connectivity index (χ1) is 20.0. The van der Waals surface area contributed by atoms with Gasteiger partial charge in [-0.2, -0.15) is 0 Å². The summed E-state index contributed by atoms with van der Waals surface area (Å²) in [7, 11) is 8.34. The maximum atomic E-state index is 6.15. The molecule has 0 aliphatic heterocycles. The Hall–Kier alpha value is -4.13. The van der Waals surface area contributed by atoms with Crippen molar-refractivity contribution in [1.29, 1.82) is 0 Å². The third kappa shape index (κ3) is 7.54. The first-order valence-corrected chi connectivity index (χ1v) is 14.2. The molecule has 0 saturated heterocycles. The Bertz CT molecular complexity index is 1540. The molecule has 2 aromatic heterocycles. The van der Waals surface area contributed by atoms with Gasteiger partial charge in [-0.1, -0.05) is 42.5 Å². The van der Waals surface area contributed by atoms with Gasteiger partial charge in [0.2, 0.25) is 0 Å². The number of hydrogen-bond donors (Lipinski definition) is 0. The number of likely N-dealkylation sites (N-methyl/N-ethyl adjacent to an activating group) is 1. The molecule has 2 heterocycles. The van der Waals surface area contributed by atoms with E-state index in [1.54, 1.807) is 0 Å². The van der Waals surface area contributed by atoms with Crippen LogP contribution in [0, 0.1) is 0 Å². The average Bonchev–Trinajstić information content (AvgIpc) is 3.34. The van der Waals surface area contributed by atoms with Gasteiger partial charge in [0.05, 0.1) is 5.69 Å². The van der Waals surface area contributed by atoms with Gasteiger partial charge in [-0.3, -0.25) is 4.98 Å². The summed E-state index contributed by atoms with van der Waals surface area (Å²) in [5.74, 6) is 1.75. The van der Waals surface area contributed by atoms with Crippen LogP contribution in [0.1, 0.15) is 12.0 Å². The van der Waals surface area contributed by atoms with E-state index < -0.39 is 0 Å². The lowest BCUT2D eigenvalue weighted by Crippen LogP contribution is -2.19. The Balaban J connectivity index is 1.41. The first kappa shape index (κ1) is 28.4. The molecule has 0 saturated carbocycles. The molecule has 0 N–H and O–H groups in total. The number of aryl methyl sites for hydroxylation is 1. The number of fused-ring (bicyclic) bond motifs is 1. The van der Waals surface area contributed by atoms with Crippen LogP contribution in [0.4, 0.5) is 0 Å². The Morgan fingerprint density at radius 1 is 0.683 bits per heavy atom. The minimum Gasteiger partial charge on any atom is -0.492 e. The van der Waals surface area contributed by atoms with Crippen LogP contribution in [0.2, 0.25) is 0 Å². The van der Waals surface area contributed by atoms with Crippen LogP contribution in [0.15, 0.2) is 97.3 Å². The smallest absolute Gasteiger partial charge is 0.120 e. The predicted molar refractivity (Wildman–Crippen MR) is 169 cm³/mol. The van der Waals surface area contributed by atoms with Crippen LogP contribution in [-0.4, -0.2) is 67.2 Å². The lowest BCUT2D eigenvalue weighted by Gasteiger charge is -2.14. The largest absolute Gasteiger partial charge is 0.492 e. The average molecular weight is 549 g/mol. The van der Waals surface area contributed by atoms with Crippen LogP contribution in [0.5, 0.6) is 11.5 Å². The van der Waals surface area contributed by atoms with Crippen molar-refractivity contribution in [3.63, 3.8) is 0 Å². The summed E-state index contributed by atoms with van der Waals surface area (Å²) in [6.45, 7) is 4.05. The molecule has 0 bridgehead atoms. The second-order valence-corrected chi connectivity index (χ2v) is 11.0. The van der Waals surface area contributed by atoms with E-state index in [0.717, 1.165) is 65.5 Å². The van der Waals surface area contributed by atoms with E-state index in [4.69, 9.17) is 9.47 Å². The number of ether oxygens (including phenoxy) is 2. The van der Waals surface area contributed by atoms with Gasteiger partial charge in [0.25, 0.3) is 0 Å². The Labute approximate surface area is 243 Å². The fourth-order valence-corrected chi connectivity index (χ4v) is 4.93. The second kappa shape index (κ2) is 13.5. The van der Waals surface area contributed by atoms with E-state index in [1.807, 2.05) is 56.8 Å². The standard InChI is InChI=1S/C35H40N4O2/c1-37(2)17-8-18-39-34-16-15-33(41-26-27-9-6-5-7-10-27)22-29(34)23-35(39)31-21-30(24-36-25-31)28-11-13-32(14-12-28)40-20-19-38(3)4/h5-7,9-16,21-25H,8,17-20,26H2,1-4H3. The Morgan fingerprint density at radius 2 is 1.41 bits per heavy atom. The maximum Gasteiger partial charge on any atom is 0.120 e. The van der Waals surface area contributed by atoms with E-state index in [2.05, 4.69) is 88.0 Å². The molecule has 5 aromatic rings. The summed E-state index contributed by atoms with van der Waals surface area (Å²) >= 11 is 0. The molecular formula is C35H40N4O2. The fourth-order valence-electron chi connectivity index (χ4n) is 4.93. The van der Waals surface area contributed by atoms with Gasteiger partial charge < -0.3 is 23.8 Å². The first-order valence-electron chi connectivity index (χ1n) is 14.2. The SMILES string of the molecule is CN(C)CCCn1c(-c2cncc(-c3ccc(OCCN(C)C)cc3)c2)cc2cc(OCc3ccccc3)ccc21. The summed E-state index contributed by atoms with van der Waals surface area (Å²) < 4.78 is 14.5. The maximum absolute atomic E-state index is 6.15. The van der Waals surface area contributed by atoms with Gasteiger partial charge in [-0.05, 0) is 94.7 Å². The second-order valence-electron chi connectivity index (χ2n) is 11.0. The van der Waals surface area contributed by atoms with E-state index in [0.29, 0.717) is 13.2 Å². The molecular weight excluding hydrogens is 508 g/mol. The topological polar surface area (TPSA) is 42.8 Å². The summed E-state index contributed by atoms with van der Waals surface area (Å²) in [4.78, 5) is 8.99. The fraction of sp³-hybridized carbons (Fsp3) is 0.286. The molecule has 212 valence electrons. The molecule has 0 atom stereocenters. The minimum absolute atomic E-state index is 0.550. The molecule has 5 rings (SSSR count). The van der Waals surface area contributed by atoms with Gasteiger partial charge in [-0.15, -0.1) is 0 Å². The highest BCUT2D eigenvalue weighted by atomic mass is 16.5. The molecule has 0 fully saturated rings. The number of hydrogen-bond acceptors (Lipinski definition) is 5. The molecule has 0 aliphatic rings. The van der Waals surface area contributed by atoms with Crippen LogP contribution in [0.25, 0.3) is 33.3 Å². The zero-order chi connectivity index (χ0) is 28.6. The Morgan fingerprint density at radius 3 is 2.17 bits per heavy atom. The van der Waals surface area contributed by atoms with Gasteiger partial charge in [0.15, 0.2) is 0 Å². The van der Waals surface area contributed by atoms with Crippen molar-refractivity contribution in [2.45, 2.75) is 19.6 Å². The van der Waals surface area contributed by atoms with E-state index in [9.17, 15) is 0 Å². The van der Waals surface area contributed by atoms with Crippen molar-refractivity contribution >= 4 is 10.9 Å². The number of aromatic nitrogens is 2. The van der Waals surface area contributed by atoms with Crippen LogP contribution in [0.3, 0.4) is 0 Å². The van der Waals surface area contributed by atoms with Crippen molar-refractivity contribution in [3.8, 4) is 33.9 Å².